The lowest BCUT2D eigenvalue weighted by Gasteiger charge is -2.22. The highest BCUT2D eigenvalue weighted by molar-refractivity contribution is 6.30. The van der Waals surface area contributed by atoms with Crippen molar-refractivity contribution in [3.05, 3.63) is 100 Å². The van der Waals surface area contributed by atoms with E-state index in [1.54, 1.807) is 25.2 Å². The van der Waals surface area contributed by atoms with Gasteiger partial charge in [0.2, 0.25) is 5.91 Å². The zero-order valence-corrected chi connectivity index (χ0v) is 18.1. The Balaban J connectivity index is 1.82. The van der Waals surface area contributed by atoms with Gasteiger partial charge in [0.05, 0.1) is 0 Å². The first-order valence-corrected chi connectivity index (χ1v) is 10.5. The molecule has 1 heterocycles. The Hall–Kier alpha value is -2.90. The standard InChI is InChI=1S/C24H23ClF3N3O/c1-29-23(32)22(16-6-3-2-4-7-16)30-13-12-20(17-8-5-9-19(25)14-17)18-10-11-21(31-15-18)24(26,27)28/h2-11,14-15,20,22,30H,12-13H2,1H3,(H,29,32)/t20-,22-/m1/s1. The second kappa shape index (κ2) is 10.6. The number of alkyl halides is 3. The maximum Gasteiger partial charge on any atom is 0.433 e. The van der Waals surface area contributed by atoms with Crippen molar-refractivity contribution in [1.82, 2.24) is 15.6 Å². The van der Waals surface area contributed by atoms with Gasteiger partial charge >= 0.3 is 6.18 Å². The molecule has 0 aliphatic heterocycles. The van der Waals surface area contributed by atoms with E-state index in [-0.39, 0.29) is 11.8 Å². The summed E-state index contributed by atoms with van der Waals surface area (Å²) in [7, 11) is 1.57. The van der Waals surface area contributed by atoms with Crippen LogP contribution in [0, 0.1) is 0 Å². The Labute approximate surface area is 189 Å². The Morgan fingerprint density at radius 2 is 1.72 bits per heavy atom. The molecule has 0 radical (unpaired) electrons. The summed E-state index contributed by atoms with van der Waals surface area (Å²) in [4.78, 5) is 16.0. The number of nitrogens with one attached hydrogen (secondary N) is 2. The molecule has 0 aliphatic rings. The van der Waals surface area contributed by atoms with Gasteiger partial charge in [-0.2, -0.15) is 13.2 Å². The van der Waals surface area contributed by atoms with Gasteiger partial charge in [0.1, 0.15) is 11.7 Å². The molecule has 0 spiro atoms. The Morgan fingerprint density at radius 1 is 1.00 bits per heavy atom. The van der Waals surface area contributed by atoms with Gasteiger partial charge in [-0.3, -0.25) is 9.78 Å². The quantitative estimate of drug-likeness (QED) is 0.475. The van der Waals surface area contributed by atoms with Gasteiger partial charge < -0.3 is 10.6 Å². The Kier molecular flexibility index (Phi) is 7.88. The molecule has 1 aromatic heterocycles. The third kappa shape index (κ3) is 6.08. The highest BCUT2D eigenvalue weighted by atomic mass is 35.5. The summed E-state index contributed by atoms with van der Waals surface area (Å²) in [6.07, 6.45) is -2.72. The first-order valence-electron chi connectivity index (χ1n) is 10.1. The smallest absolute Gasteiger partial charge is 0.358 e. The minimum absolute atomic E-state index is 0.174. The number of benzene rings is 2. The molecule has 2 atom stereocenters. The molecule has 3 aromatic rings. The van der Waals surface area contributed by atoms with E-state index in [0.717, 1.165) is 17.2 Å². The third-order valence-corrected chi connectivity index (χ3v) is 5.39. The number of aromatic nitrogens is 1. The fourth-order valence-electron chi connectivity index (χ4n) is 3.55. The van der Waals surface area contributed by atoms with Crippen LogP contribution in [-0.2, 0) is 11.0 Å². The minimum atomic E-state index is -4.50. The van der Waals surface area contributed by atoms with Gasteiger partial charge in [-0.1, -0.05) is 60.1 Å². The molecule has 8 heteroatoms. The molecule has 0 saturated carbocycles. The minimum Gasteiger partial charge on any atom is -0.358 e. The number of likely N-dealkylation sites (N-methyl/N-ethyl adjacent to an activating group) is 1. The fourth-order valence-corrected chi connectivity index (χ4v) is 3.75. The molecule has 0 bridgehead atoms. The number of nitrogens with zero attached hydrogens (tertiary/aromatic N) is 1. The number of rotatable bonds is 8. The predicted molar refractivity (Wildman–Crippen MR) is 118 cm³/mol. The summed E-state index contributed by atoms with van der Waals surface area (Å²) in [6, 6.07) is 18.4. The largest absolute Gasteiger partial charge is 0.433 e. The van der Waals surface area contributed by atoms with Crippen LogP contribution in [0.5, 0.6) is 0 Å². The first-order chi connectivity index (χ1) is 15.3. The maximum atomic E-state index is 12.9. The van der Waals surface area contributed by atoms with Crippen molar-refractivity contribution in [2.45, 2.75) is 24.6 Å². The van der Waals surface area contributed by atoms with Crippen molar-refractivity contribution in [2.24, 2.45) is 0 Å². The fraction of sp³-hybridized carbons (Fsp3) is 0.250. The van der Waals surface area contributed by atoms with Gasteiger partial charge in [0.15, 0.2) is 0 Å². The summed E-state index contributed by atoms with van der Waals surface area (Å²) >= 11 is 6.15. The van der Waals surface area contributed by atoms with E-state index in [2.05, 4.69) is 15.6 Å². The molecule has 0 fully saturated rings. The molecule has 1 amide bonds. The first kappa shape index (κ1) is 23.8. The van der Waals surface area contributed by atoms with Crippen molar-refractivity contribution >= 4 is 17.5 Å². The van der Waals surface area contributed by atoms with Crippen LogP contribution in [0.3, 0.4) is 0 Å². The summed E-state index contributed by atoms with van der Waals surface area (Å²) in [6.45, 7) is 0.436. The van der Waals surface area contributed by atoms with Crippen LogP contribution in [0.25, 0.3) is 0 Å². The molecule has 0 unspecified atom stereocenters. The van der Waals surface area contributed by atoms with Crippen LogP contribution in [0.1, 0.15) is 40.8 Å². The van der Waals surface area contributed by atoms with Gasteiger partial charge in [-0.15, -0.1) is 0 Å². The molecular formula is C24H23ClF3N3O. The van der Waals surface area contributed by atoms with Crippen LogP contribution in [0.15, 0.2) is 72.9 Å². The zero-order chi connectivity index (χ0) is 23.1. The van der Waals surface area contributed by atoms with Crippen LogP contribution in [-0.4, -0.2) is 24.5 Å². The lowest BCUT2D eigenvalue weighted by Crippen LogP contribution is -2.36. The monoisotopic (exact) mass is 461 g/mol. The van der Waals surface area contributed by atoms with Crippen LogP contribution < -0.4 is 10.6 Å². The van der Waals surface area contributed by atoms with E-state index < -0.39 is 17.9 Å². The highest BCUT2D eigenvalue weighted by Crippen LogP contribution is 2.32. The molecule has 0 aliphatic carbocycles. The van der Waals surface area contributed by atoms with Gasteiger partial charge in [0.25, 0.3) is 0 Å². The molecule has 0 saturated heterocycles. The summed E-state index contributed by atoms with van der Waals surface area (Å²) in [5, 5.41) is 6.45. The number of hydrogen-bond acceptors (Lipinski definition) is 3. The van der Waals surface area contributed by atoms with Crippen molar-refractivity contribution in [1.29, 1.82) is 0 Å². The Bertz CT molecular complexity index is 1030. The van der Waals surface area contributed by atoms with E-state index in [0.29, 0.717) is 23.6 Å². The molecule has 2 N–H and O–H groups in total. The van der Waals surface area contributed by atoms with Crippen molar-refractivity contribution in [2.75, 3.05) is 13.6 Å². The lowest BCUT2D eigenvalue weighted by atomic mass is 9.89. The van der Waals surface area contributed by atoms with Crippen molar-refractivity contribution < 1.29 is 18.0 Å². The summed E-state index contributed by atoms with van der Waals surface area (Å²) in [5.74, 6) is -0.427. The van der Waals surface area contributed by atoms with Gasteiger partial charge in [-0.05, 0) is 47.9 Å². The summed E-state index contributed by atoms with van der Waals surface area (Å²) in [5.41, 5.74) is 1.38. The maximum absolute atomic E-state index is 12.9. The molecule has 3 rings (SSSR count). The zero-order valence-electron chi connectivity index (χ0n) is 17.4. The van der Waals surface area contributed by atoms with Crippen molar-refractivity contribution in [3.63, 3.8) is 0 Å². The van der Waals surface area contributed by atoms with E-state index >= 15 is 0 Å². The van der Waals surface area contributed by atoms with Gasteiger partial charge in [0, 0.05) is 24.2 Å². The number of hydrogen-bond donors (Lipinski definition) is 2. The average Bonchev–Trinajstić information content (AvgIpc) is 2.79. The van der Waals surface area contributed by atoms with Gasteiger partial charge in [-0.25, -0.2) is 0 Å². The number of carbonyl (C=O) groups is 1. The number of amides is 1. The van der Waals surface area contributed by atoms with Crippen LogP contribution in [0.4, 0.5) is 13.2 Å². The highest BCUT2D eigenvalue weighted by Gasteiger charge is 2.32. The lowest BCUT2D eigenvalue weighted by molar-refractivity contribution is -0.141. The average molecular weight is 462 g/mol. The van der Waals surface area contributed by atoms with Crippen LogP contribution in [0.2, 0.25) is 5.02 Å². The van der Waals surface area contributed by atoms with E-state index in [1.807, 2.05) is 36.4 Å². The topological polar surface area (TPSA) is 54.0 Å². The second-order valence-corrected chi connectivity index (χ2v) is 7.72. The summed E-state index contributed by atoms with van der Waals surface area (Å²) < 4.78 is 38.8. The number of pyridine rings is 1. The normalized spacial score (nSPS) is 13.4. The van der Waals surface area contributed by atoms with Crippen molar-refractivity contribution in [3.8, 4) is 0 Å². The molecule has 32 heavy (non-hydrogen) atoms. The molecule has 2 aromatic carbocycles. The third-order valence-electron chi connectivity index (χ3n) is 5.15. The number of halogens is 4. The molecule has 168 valence electrons. The van der Waals surface area contributed by atoms with Crippen LogP contribution >= 0.6 is 11.6 Å². The number of carbonyl (C=O) groups excluding carboxylic acids is 1. The Morgan fingerprint density at radius 3 is 2.31 bits per heavy atom. The predicted octanol–water partition coefficient (Wildman–Crippen LogP) is 5.35. The van der Waals surface area contributed by atoms with E-state index in [9.17, 15) is 18.0 Å². The second-order valence-electron chi connectivity index (χ2n) is 7.28. The van der Waals surface area contributed by atoms with E-state index in [1.165, 1.54) is 12.3 Å². The molecular weight excluding hydrogens is 439 g/mol. The molecule has 4 nitrogen and oxygen atoms in total. The van der Waals surface area contributed by atoms with E-state index in [4.69, 9.17) is 11.6 Å². The SMILES string of the molecule is CNC(=O)[C@H](NCC[C@@H](c1ccc(C(F)(F)F)nc1)c1cccc(Cl)c1)c1ccccc1.